The molecule has 1 aromatic rings. The number of hydrogen-bond donors (Lipinski definition) is 2. The van der Waals surface area contributed by atoms with Gasteiger partial charge in [0.25, 0.3) is 5.91 Å². The molecule has 2 amide bonds. The van der Waals surface area contributed by atoms with Crippen molar-refractivity contribution < 1.29 is 9.59 Å². The molecule has 5 heteroatoms. The lowest BCUT2D eigenvalue weighted by Gasteiger charge is -2.21. The number of nitrogens with one attached hydrogen (secondary N) is 2. The van der Waals surface area contributed by atoms with Gasteiger partial charge in [0, 0.05) is 18.0 Å². The summed E-state index contributed by atoms with van der Waals surface area (Å²) in [6.45, 7) is 4.80. The number of carbonyl (C=O) groups excluding carboxylic acids is 2. The first-order chi connectivity index (χ1) is 11.7. The summed E-state index contributed by atoms with van der Waals surface area (Å²) in [5.74, 6) is 0.857. The molecule has 130 valence electrons. The van der Waals surface area contributed by atoms with Crippen molar-refractivity contribution >= 4 is 23.6 Å². The second-order valence-corrected chi connectivity index (χ2v) is 7.11. The molecule has 0 aliphatic heterocycles. The molecule has 0 atom stereocenters. The molecular formula is C19H26N2O2S. The van der Waals surface area contributed by atoms with Crippen molar-refractivity contribution in [3.8, 4) is 0 Å². The van der Waals surface area contributed by atoms with Crippen LogP contribution in [0, 0.1) is 5.92 Å². The zero-order chi connectivity index (χ0) is 17.2. The molecule has 0 saturated heterocycles. The highest BCUT2D eigenvalue weighted by Crippen LogP contribution is 2.24. The molecule has 0 bridgehead atoms. The third kappa shape index (κ3) is 6.04. The lowest BCUT2D eigenvalue weighted by Crippen LogP contribution is -2.31. The second-order valence-electron chi connectivity index (χ2n) is 6.09. The van der Waals surface area contributed by atoms with Crippen LogP contribution in [0.1, 0.15) is 42.5 Å². The van der Waals surface area contributed by atoms with Crippen LogP contribution in [0.25, 0.3) is 0 Å². The van der Waals surface area contributed by atoms with Crippen molar-refractivity contribution in [1.29, 1.82) is 0 Å². The van der Waals surface area contributed by atoms with E-state index >= 15 is 0 Å². The number of thioether (sulfide) groups is 1. The third-order valence-corrected chi connectivity index (χ3v) is 5.28. The maximum Gasteiger partial charge on any atom is 0.252 e. The summed E-state index contributed by atoms with van der Waals surface area (Å²) < 4.78 is 0. The van der Waals surface area contributed by atoms with E-state index in [-0.39, 0.29) is 11.8 Å². The molecule has 2 N–H and O–H groups in total. The first-order valence-corrected chi connectivity index (χ1v) is 9.57. The van der Waals surface area contributed by atoms with Crippen LogP contribution in [0.5, 0.6) is 0 Å². The predicted molar refractivity (Wildman–Crippen MR) is 99.3 cm³/mol. The molecular weight excluding hydrogens is 320 g/mol. The van der Waals surface area contributed by atoms with Gasteiger partial charge >= 0.3 is 0 Å². The van der Waals surface area contributed by atoms with Gasteiger partial charge in [0.15, 0.2) is 0 Å². The summed E-state index contributed by atoms with van der Waals surface area (Å²) in [5.41, 5.74) is 0.601. The molecule has 1 aromatic carbocycles. The van der Waals surface area contributed by atoms with E-state index in [1.54, 1.807) is 12.1 Å². The van der Waals surface area contributed by atoms with E-state index in [2.05, 4.69) is 17.2 Å². The van der Waals surface area contributed by atoms with Crippen LogP contribution in [-0.2, 0) is 4.79 Å². The van der Waals surface area contributed by atoms with Crippen LogP contribution in [-0.4, -0.2) is 30.7 Å². The van der Waals surface area contributed by atoms with Crippen LogP contribution in [0.3, 0.4) is 0 Å². The summed E-state index contributed by atoms with van der Waals surface area (Å²) in [6, 6.07) is 7.37. The topological polar surface area (TPSA) is 58.2 Å². The summed E-state index contributed by atoms with van der Waals surface area (Å²) in [6.07, 6.45) is 7.97. The Balaban J connectivity index is 1.81. The van der Waals surface area contributed by atoms with Crippen LogP contribution in [0.15, 0.2) is 41.8 Å². The number of amides is 2. The van der Waals surface area contributed by atoms with Gasteiger partial charge in [0.2, 0.25) is 5.91 Å². The van der Waals surface area contributed by atoms with Crippen LogP contribution >= 0.6 is 11.8 Å². The molecule has 4 nitrogen and oxygen atoms in total. The van der Waals surface area contributed by atoms with E-state index in [1.807, 2.05) is 18.2 Å². The quantitative estimate of drug-likeness (QED) is 0.560. The van der Waals surface area contributed by atoms with E-state index in [4.69, 9.17) is 0 Å². The molecule has 0 aromatic heterocycles. The average Bonchev–Trinajstić information content (AvgIpc) is 2.63. The number of hydrogen-bond acceptors (Lipinski definition) is 3. The Morgan fingerprint density at radius 3 is 2.67 bits per heavy atom. The van der Waals surface area contributed by atoms with Gasteiger partial charge in [-0.15, -0.1) is 18.3 Å². The Morgan fingerprint density at radius 2 is 1.92 bits per heavy atom. The largest absolute Gasteiger partial charge is 0.355 e. The van der Waals surface area contributed by atoms with Gasteiger partial charge in [-0.1, -0.05) is 37.5 Å². The first kappa shape index (κ1) is 18.6. The molecule has 24 heavy (non-hydrogen) atoms. The zero-order valence-electron chi connectivity index (χ0n) is 14.1. The summed E-state index contributed by atoms with van der Waals surface area (Å²) in [4.78, 5) is 25.0. The van der Waals surface area contributed by atoms with Crippen LogP contribution in [0.4, 0.5) is 0 Å². The van der Waals surface area contributed by atoms with Crippen molar-refractivity contribution in [3.05, 3.63) is 42.5 Å². The summed E-state index contributed by atoms with van der Waals surface area (Å²) in [7, 11) is 0. The lowest BCUT2D eigenvalue weighted by atomic mass is 9.89. The maximum atomic E-state index is 12.1. The number of rotatable bonds is 8. The Hall–Kier alpha value is -1.75. The molecule has 0 heterocycles. The fourth-order valence-electron chi connectivity index (χ4n) is 2.88. The standard InChI is InChI=1S/C19H26N2O2S/c1-2-12-20-19(23)16-10-6-7-11-17(16)24-14-18(22)21-13-15-8-4-3-5-9-15/h2,6-7,10-11,15H,1,3-5,8-9,12-14H2,(H,20,23)(H,21,22). The molecule has 2 rings (SSSR count). The van der Waals surface area contributed by atoms with Gasteiger partial charge in [0.05, 0.1) is 11.3 Å². The second kappa shape index (κ2) is 10.2. The molecule has 1 aliphatic carbocycles. The summed E-state index contributed by atoms with van der Waals surface area (Å²) >= 11 is 1.40. The molecule has 1 saturated carbocycles. The van der Waals surface area contributed by atoms with Crippen molar-refractivity contribution in [2.75, 3.05) is 18.8 Å². The van der Waals surface area contributed by atoms with Gasteiger partial charge in [-0.05, 0) is 30.9 Å². The van der Waals surface area contributed by atoms with Gasteiger partial charge in [0.1, 0.15) is 0 Å². The van der Waals surface area contributed by atoms with Gasteiger partial charge in [-0.3, -0.25) is 9.59 Å². The van der Waals surface area contributed by atoms with E-state index in [0.29, 0.717) is 23.8 Å². The minimum atomic E-state index is -0.138. The van der Waals surface area contributed by atoms with E-state index in [9.17, 15) is 9.59 Å². The van der Waals surface area contributed by atoms with E-state index in [1.165, 1.54) is 43.9 Å². The van der Waals surface area contributed by atoms with Crippen LogP contribution < -0.4 is 10.6 Å². The van der Waals surface area contributed by atoms with Gasteiger partial charge in [-0.2, -0.15) is 0 Å². The average molecular weight is 346 g/mol. The zero-order valence-corrected chi connectivity index (χ0v) is 14.9. The van der Waals surface area contributed by atoms with Crippen molar-refractivity contribution in [2.45, 2.75) is 37.0 Å². The maximum absolute atomic E-state index is 12.1. The monoisotopic (exact) mass is 346 g/mol. The Kier molecular flexibility index (Phi) is 7.89. The van der Waals surface area contributed by atoms with Gasteiger partial charge < -0.3 is 10.6 Å². The highest BCUT2D eigenvalue weighted by atomic mass is 32.2. The minimum absolute atomic E-state index is 0.0341. The fourth-order valence-corrected chi connectivity index (χ4v) is 3.76. The van der Waals surface area contributed by atoms with Crippen LogP contribution in [0.2, 0.25) is 0 Å². The van der Waals surface area contributed by atoms with E-state index < -0.39 is 0 Å². The number of benzene rings is 1. The normalized spacial score (nSPS) is 14.8. The lowest BCUT2D eigenvalue weighted by molar-refractivity contribution is -0.118. The highest BCUT2D eigenvalue weighted by Gasteiger charge is 2.15. The van der Waals surface area contributed by atoms with Crippen molar-refractivity contribution in [2.24, 2.45) is 5.92 Å². The molecule has 0 unspecified atom stereocenters. The SMILES string of the molecule is C=CCNC(=O)c1ccccc1SCC(=O)NCC1CCCCC1. The minimum Gasteiger partial charge on any atom is -0.355 e. The highest BCUT2D eigenvalue weighted by molar-refractivity contribution is 8.00. The molecule has 1 aliphatic rings. The first-order valence-electron chi connectivity index (χ1n) is 8.58. The molecule has 1 fully saturated rings. The third-order valence-electron chi connectivity index (χ3n) is 4.21. The van der Waals surface area contributed by atoms with Gasteiger partial charge in [-0.25, -0.2) is 0 Å². The smallest absolute Gasteiger partial charge is 0.252 e. The Morgan fingerprint density at radius 1 is 1.17 bits per heavy atom. The van der Waals surface area contributed by atoms with Crippen molar-refractivity contribution in [1.82, 2.24) is 10.6 Å². The van der Waals surface area contributed by atoms with E-state index in [0.717, 1.165) is 11.4 Å². The number of carbonyl (C=O) groups is 2. The Bertz CT molecular complexity index is 568. The molecule has 0 spiro atoms. The van der Waals surface area contributed by atoms with Crippen molar-refractivity contribution in [3.63, 3.8) is 0 Å². The summed E-state index contributed by atoms with van der Waals surface area (Å²) in [5, 5.41) is 5.81. The fraction of sp³-hybridized carbons (Fsp3) is 0.474. The Labute approximate surface area is 148 Å². The molecule has 0 radical (unpaired) electrons. The predicted octanol–water partition coefficient (Wildman–Crippen LogP) is 3.39.